The van der Waals surface area contributed by atoms with Crippen molar-refractivity contribution < 1.29 is 13.9 Å². The van der Waals surface area contributed by atoms with E-state index in [-0.39, 0.29) is 6.10 Å². The van der Waals surface area contributed by atoms with Crippen LogP contribution in [0.4, 0.5) is 0 Å². The highest BCUT2D eigenvalue weighted by Crippen LogP contribution is 2.19. The van der Waals surface area contributed by atoms with E-state index in [1.54, 1.807) is 13.4 Å². The third kappa shape index (κ3) is 4.53. The molecule has 1 saturated heterocycles. The average molecular weight is 365 g/mol. The summed E-state index contributed by atoms with van der Waals surface area (Å²) in [4.78, 5) is 11.2. The maximum atomic E-state index is 5.97. The van der Waals surface area contributed by atoms with Gasteiger partial charge in [-0.25, -0.2) is 9.97 Å². The van der Waals surface area contributed by atoms with Crippen LogP contribution >= 0.6 is 0 Å². The van der Waals surface area contributed by atoms with Gasteiger partial charge in [0.05, 0.1) is 26.1 Å². The summed E-state index contributed by atoms with van der Waals surface area (Å²) in [5.74, 6) is 2.18. The van der Waals surface area contributed by atoms with Crippen molar-refractivity contribution in [1.82, 2.24) is 14.9 Å². The highest BCUT2D eigenvalue weighted by Gasteiger charge is 2.21. The highest BCUT2D eigenvalue weighted by atomic mass is 16.5. The van der Waals surface area contributed by atoms with Crippen LogP contribution in [-0.2, 0) is 17.7 Å². The van der Waals surface area contributed by atoms with Crippen LogP contribution in [0.1, 0.15) is 11.1 Å². The summed E-state index contributed by atoms with van der Waals surface area (Å²) in [6.07, 6.45) is 6.42. The summed E-state index contributed by atoms with van der Waals surface area (Å²) >= 11 is 0. The SMILES string of the molecule is COc1cccc(C[C@H]2CN(Cc3cnc(-c4ccco4)nc3)CCO2)c1. The normalized spacial score (nSPS) is 17.7. The Morgan fingerprint density at radius 2 is 2.04 bits per heavy atom. The van der Waals surface area contributed by atoms with Gasteiger partial charge in [-0.15, -0.1) is 0 Å². The second kappa shape index (κ2) is 8.33. The molecule has 0 saturated carbocycles. The van der Waals surface area contributed by atoms with Gasteiger partial charge in [0.25, 0.3) is 0 Å². The number of furan rings is 1. The zero-order chi connectivity index (χ0) is 18.5. The molecule has 3 aromatic rings. The second-order valence-corrected chi connectivity index (χ2v) is 6.68. The molecule has 2 aromatic heterocycles. The van der Waals surface area contributed by atoms with E-state index < -0.39 is 0 Å². The summed E-state index contributed by atoms with van der Waals surface area (Å²) in [5.41, 5.74) is 2.32. The van der Waals surface area contributed by atoms with Crippen LogP contribution in [0.25, 0.3) is 11.6 Å². The third-order valence-electron chi connectivity index (χ3n) is 4.67. The summed E-state index contributed by atoms with van der Waals surface area (Å²) in [7, 11) is 1.69. The number of ether oxygens (including phenoxy) is 2. The fraction of sp³-hybridized carbons (Fsp3) is 0.333. The standard InChI is InChI=1S/C21H23N3O3/c1-25-18-5-2-4-16(10-18)11-19-15-24(7-9-26-19)14-17-12-22-21(23-13-17)20-6-3-8-27-20/h2-6,8,10,12-13,19H,7,9,11,14-15H2,1H3/t19-/m0/s1. The third-order valence-corrected chi connectivity index (χ3v) is 4.67. The molecule has 1 aliphatic rings. The van der Waals surface area contributed by atoms with Crippen LogP contribution in [0.2, 0.25) is 0 Å². The fourth-order valence-electron chi connectivity index (χ4n) is 3.34. The van der Waals surface area contributed by atoms with E-state index in [4.69, 9.17) is 13.9 Å². The minimum Gasteiger partial charge on any atom is -0.497 e. The predicted octanol–water partition coefficient (Wildman–Crippen LogP) is 3.19. The number of morpholine rings is 1. The lowest BCUT2D eigenvalue weighted by Gasteiger charge is -2.33. The number of rotatable bonds is 6. The molecule has 0 aliphatic carbocycles. The lowest BCUT2D eigenvalue weighted by atomic mass is 10.1. The van der Waals surface area contributed by atoms with E-state index in [2.05, 4.69) is 27.0 Å². The molecular weight excluding hydrogens is 342 g/mol. The minimum absolute atomic E-state index is 0.175. The number of aromatic nitrogens is 2. The molecule has 4 rings (SSSR count). The monoisotopic (exact) mass is 365 g/mol. The molecule has 3 heterocycles. The van der Waals surface area contributed by atoms with Gasteiger partial charge in [-0.1, -0.05) is 12.1 Å². The van der Waals surface area contributed by atoms with E-state index in [0.29, 0.717) is 11.6 Å². The molecule has 1 fully saturated rings. The molecule has 6 nitrogen and oxygen atoms in total. The van der Waals surface area contributed by atoms with Gasteiger partial charge in [0.15, 0.2) is 11.6 Å². The van der Waals surface area contributed by atoms with Crippen LogP contribution in [0.5, 0.6) is 5.75 Å². The molecule has 0 radical (unpaired) electrons. The molecule has 0 bridgehead atoms. The van der Waals surface area contributed by atoms with Crippen molar-refractivity contribution in [3.63, 3.8) is 0 Å². The molecule has 1 aromatic carbocycles. The molecule has 0 spiro atoms. The summed E-state index contributed by atoms with van der Waals surface area (Å²) in [5, 5.41) is 0. The second-order valence-electron chi connectivity index (χ2n) is 6.68. The number of methoxy groups -OCH3 is 1. The van der Waals surface area contributed by atoms with Crippen molar-refractivity contribution in [1.29, 1.82) is 0 Å². The van der Waals surface area contributed by atoms with Gasteiger partial charge in [-0.3, -0.25) is 4.90 Å². The van der Waals surface area contributed by atoms with Gasteiger partial charge in [0.2, 0.25) is 0 Å². The van der Waals surface area contributed by atoms with Crippen molar-refractivity contribution in [3.8, 4) is 17.3 Å². The molecule has 0 N–H and O–H groups in total. The van der Waals surface area contributed by atoms with Crippen molar-refractivity contribution >= 4 is 0 Å². The zero-order valence-electron chi connectivity index (χ0n) is 15.4. The topological polar surface area (TPSA) is 60.6 Å². The van der Waals surface area contributed by atoms with E-state index in [9.17, 15) is 0 Å². The molecule has 1 aliphatic heterocycles. The Hall–Kier alpha value is -2.70. The molecule has 0 unspecified atom stereocenters. The Labute approximate surface area is 158 Å². The van der Waals surface area contributed by atoms with Crippen molar-refractivity contribution in [2.45, 2.75) is 19.1 Å². The number of hydrogen-bond donors (Lipinski definition) is 0. The van der Waals surface area contributed by atoms with Crippen LogP contribution in [0.15, 0.2) is 59.5 Å². The lowest BCUT2D eigenvalue weighted by molar-refractivity contribution is -0.0305. The number of benzene rings is 1. The van der Waals surface area contributed by atoms with Gasteiger partial charge >= 0.3 is 0 Å². The van der Waals surface area contributed by atoms with E-state index in [1.165, 1.54) is 5.56 Å². The molecule has 140 valence electrons. The first-order chi connectivity index (χ1) is 13.3. The molecule has 1 atom stereocenters. The molecular formula is C21H23N3O3. The van der Waals surface area contributed by atoms with Crippen LogP contribution < -0.4 is 4.74 Å². The van der Waals surface area contributed by atoms with Crippen molar-refractivity contribution in [3.05, 3.63) is 66.2 Å². The van der Waals surface area contributed by atoms with Gasteiger partial charge in [0.1, 0.15) is 5.75 Å². The molecule has 6 heteroatoms. The minimum atomic E-state index is 0.175. The Kier molecular flexibility index (Phi) is 5.46. The van der Waals surface area contributed by atoms with E-state index in [0.717, 1.165) is 44.0 Å². The van der Waals surface area contributed by atoms with Crippen LogP contribution in [0.3, 0.4) is 0 Å². The molecule has 27 heavy (non-hydrogen) atoms. The maximum absolute atomic E-state index is 5.97. The summed E-state index contributed by atoms with van der Waals surface area (Å²) in [6.45, 7) is 3.35. The van der Waals surface area contributed by atoms with Crippen LogP contribution in [-0.4, -0.2) is 47.8 Å². The summed E-state index contributed by atoms with van der Waals surface area (Å²) < 4.78 is 16.6. The summed E-state index contributed by atoms with van der Waals surface area (Å²) in [6, 6.07) is 11.9. The lowest BCUT2D eigenvalue weighted by Crippen LogP contribution is -2.42. The van der Waals surface area contributed by atoms with Crippen molar-refractivity contribution in [2.24, 2.45) is 0 Å². The largest absolute Gasteiger partial charge is 0.497 e. The van der Waals surface area contributed by atoms with E-state index in [1.807, 2.05) is 36.7 Å². The maximum Gasteiger partial charge on any atom is 0.195 e. The predicted molar refractivity (Wildman–Crippen MR) is 101 cm³/mol. The first-order valence-electron chi connectivity index (χ1n) is 9.12. The van der Waals surface area contributed by atoms with Crippen molar-refractivity contribution in [2.75, 3.05) is 26.8 Å². The quantitative estimate of drug-likeness (QED) is 0.669. The van der Waals surface area contributed by atoms with Gasteiger partial charge in [-0.2, -0.15) is 0 Å². The van der Waals surface area contributed by atoms with E-state index >= 15 is 0 Å². The first kappa shape index (κ1) is 17.7. The number of hydrogen-bond acceptors (Lipinski definition) is 6. The van der Waals surface area contributed by atoms with Gasteiger partial charge < -0.3 is 13.9 Å². The molecule has 0 amide bonds. The Balaban J connectivity index is 1.35. The Bertz CT molecular complexity index is 849. The number of nitrogens with zero attached hydrogens (tertiary/aromatic N) is 3. The van der Waals surface area contributed by atoms with Gasteiger partial charge in [-0.05, 0) is 29.8 Å². The van der Waals surface area contributed by atoms with Crippen LogP contribution in [0, 0.1) is 0 Å². The fourth-order valence-corrected chi connectivity index (χ4v) is 3.34. The highest BCUT2D eigenvalue weighted by molar-refractivity contribution is 5.45. The average Bonchev–Trinajstić information content (AvgIpc) is 3.24. The Morgan fingerprint density at radius 1 is 1.15 bits per heavy atom. The zero-order valence-corrected chi connectivity index (χ0v) is 15.4. The first-order valence-corrected chi connectivity index (χ1v) is 9.12. The smallest absolute Gasteiger partial charge is 0.195 e. The Morgan fingerprint density at radius 3 is 2.81 bits per heavy atom. The van der Waals surface area contributed by atoms with Gasteiger partial charge in [0, 0.05) is 44.0 Å².